The van der Waals surface area contributed by atoms with Crippen molar-refractivity contribution in [2.75, 3.05) is 42.5 Å². The minimum absolute atomic E-state index is 0.241. The molecule has 2 aliphatic rings. The molecule has 2 fully saturated rings. The van der Waals surface area contributed by atoms with E-state index in [2.05, 4.69) is 9.80 Å². The molecule has 190 valence electrons. The van der Waals surface area contributed by atoms with Crippen molar-refractivity contribution >= 4 is 17.4 Å². The van der Waals surface area contributed by atoms with Gasteiger partial charge in [-0.25, -0.2) is 9.37 Å². The van der Waals surface area contributed by atoms with E-state index in [1.165, 1.54) is 63.5 Å². The Bertz CT molecular complexity index is 1090. The van der Waals surface area contributed by atoms with Crippen molar-refractivity contribution in [3.63, 3.8) is 0 Å². The zero-order valence-corrected chi connectivity index (χ0v) is 20.8. The molecule has 7 heteroatoms. The topological polar surface area (TPSA) is 52.8 Å². The van der Waals surface area contributed by atoms with Crippen molar-refractivity contribution in [2.24, 2.45) is 5.92 Å². The summed E-state index contributed by atoms with van der Waals surface area (Å²) in [5.41, 5.74) is 1.50. The second-order valence-electron chi connectivity index (χ2n) is 9.99. The molecule has 1 aliphatic carbocycles. The number of piperazine rings is 1. The third kappa shape index (κ3) is 6.13. The Morgan fingerprint density at radius 2 is 1.78 bits per heavy atom. The Kier molecular flexibility index (Phi) is 7.96. The zero-order valence-electron chi connectivity index (χ0n) is 20.8. The number of hydrogen-bond acceptors (Lipinski definition) is 5. The molecule has 0 unspecified atom stereocenters. The van der Waals surface area contributed by atoms with Crippen LogP contribution < -0.4 is 9.80 Å². The number of carbonyl (C=O) groups excluding carboxylic acids is 1. The molecule has 1 saturated carbocycles. The summed E-state index contributed by atoms with van der Waals surface area (Å²) in [6.07, 6.45) is 11.7. The number of furan rings is 1. The van der Waals surface area contributed by atoms with Gasteiger partial charge in [0.1, 0.15) is 11.6 Å². The largest absolute Gasteiger partial charge is 0.459 e. The van der Waals surface area contributed by atoms with Crippen molar-refractivity contribution in [3.05, 3.63) is 78.1 Å². The van der Waals surface area contributed by atoms with Gasteiger partial charge in [-0.3, -0.25) is 9.69 Å². The zero-order chi connectivity index (χ0) is 24.7. The summed E-state index contributed by atoms with van der Waals surface area (Å²) >= 11 is 0. The highest BCUT2D eigenvalue weighted by molar-refractivity contribution is 6.04. The molecule has 0 radical (unpaired) electrons. The number of halogens is 1. The second-order valence-corrected chi connectivity index (χ2v) is 9.99. The Morgan fingerprint density at radius 1 is 1.00 bits per heavy atom. The molecule has 2 aromatic heterocycles. The van der Waals surface area contributed by atoms with E-state index >= 15 is 0 Å². The Balaban J connectivity index is 1.18. The number of nitrogens with zero attached hydrogens (tertiary/aromatic N) is 4. The lowest BCUT2D eigenvalue weighted by atomic mass is 9.87. The third-order valence-electron chi connectivity index (χ3n) is 7.54. The number of pyridine rings is 1. The molecule has 36 heavy (non-hydrogen) atoms. The van der Waals surface area contributed by atoms with Crippen LogP contribution in [0.3, 0.4) is 0 Å². The molecule has 3 aromatic rings. The number of amides is 1. The molecule has 3 heterocycles. The van der Waals surface area contributed by atoms with Gasteiger partial charge in [-0.1, -0.05) is 38.2 Å². The molecule has 0 N–H and O–H groups in total. The van der Waals surface area contributed by atoms with Crippen LogP contribution in [0.25, 0.3) is 0 Å². The van der Waals surface area contributed by atoms with Crippen LogP contribution in [0.4, 0.5) is 15.9 Å². The summed E-state index contributed by atoms with van der Waals surface area (Å²) < 4.78 is 18.8. The molecule has 1 aromatic carbocycles. The summed E-state index contributed by atoms with van der Waals surface area (Å²) in [5.74, 6) is 1.52. The first-order valence-corrected chi connectivity index (χ1v) is 13.2. The number of rotatable bonds is 8. The summed E-state index contributed by atoms with van der Waals surface area (Å²) in [6, 6.07) is 13.3. The summed E-state index contributed by atoms with van der Waals surface area (Å²) in [4.78, 5) is 24.3. The van der Waals surface area contributed by atoms with Crippen LogP contribution in [0.5, 0.6) is 0 Å². The van der Waals surface area contributed by atoms with Crippen molar-refractivity contribution in [1.29, 1.82) is 0 Å². The monoisotopic (exact) mass is 490 g/mol. The van der Waals surface area contributed by atoms with Gasteiger partial charge < -0.3 is 14.2 Å². The normalized spacial score (nSPS) is 17.3. The van der Waals surface area contributed by atoms with Crippen LogP contribution in [0.15, 0.2) is 65.4 Å². The van der Waals surface area contributed by atoms with E-state index in [-0.39, 0.29) is 17.5 Å². The number of carbonyl (C=O) groups is 1. The SMILES string of the molecule is O=C(c1ccco1)N(Cc1ccc(N2CCN(CCC3CCCCC3)CC2)nc1)c1ccc(F)cc1. The maximum atomic E-state index is 13.5. The quantitative estimate of drug-likeness (QED) is 0.402. The van der Waals surface area contributed by atoms with Gasteiger partial charge in [-0.05, 0) is 66.9 Å². The first kappa shape index (κ1) is 24.5. The lowest BCUT2D eigenvalue weighted by Crippen LogP contribution is -2.47. The van der Waals surface area contributed by atoms with Crippen LogP contribution in [0, 0.1) is 11.7 Å². The molecule has 0 spiro atoms. The first-order valence-electron chi connectivity index (χ1n) is 13.2. The molecule has 1 saturated heterocycles. The van der Waals surface area contributed by atoms with Crippen LogP contribution in [-0.2, 0) is 6.54 Å². The van der Waals surface area contributed by atoms with E-state index in [4.69, 9.17) is 9.40 Å². The second kappa shape index (κ2) is 11.7. The molecule has 0 bridgehead atoms. The van der Waals surface area contributed by atoms with E-state index in [1.54, 1.807) is 29.2 Å². The lowest BCUT2D eigenvalue weighted by Gasteiger charge is -2.36. The number of benzene rings is 1. The molecule has 1 aliphatic heterocycles. The number of aromatic nitrogens is 1. The predicted octanol–water partition coefficient (Wildman–Crippen LogP) is 5.75. The van der Waals surface area contributed by atoms with E-state index in [9.17, 15) is 9.18 Å². The van der Waals surface area contributed by atoms with E-state index in [0.717, 1.165) is 43.5 Å². The van der Waals surface area contributed by atoms with Gasteiger partial charge in [0.05, 0.1) is 12.8 Å². The highest BCUT2D eigenvalue weighted by Gasteiger charge is 2.22. The molecular weight excluding hydrogens is 455 g/mol. The number of anilines is 2. The van der Waals surface area contributed by atoms with Gasteiger partial charge in [-0.15, -0.1) is 0 Å². The average molecular weight is 491 g/mol. The van der Waals surface area contributed by atoms with Crippen molar-refractivity contribution in [3.8, 4) is 0 Å². The fourth-order valence-electron chi connectivity index (χ4n) is 5.36. The smallest absolute Gasteiger partial charge is 0.294 e. The Morgan fingerprint density at radius 3 is 2.44 bits per heavy atom. The van der Waals surface area contributed by atoms with Gasteiger partial charge in [0, 0.05) is 38.1 Å². The molecule has 0 atom stereocenters. The third-order valence-corrected chi connectivity index (χ3v) is 7.54. The highest BCUT2D eigenvalue weighted by atomic mass is 19.1. The van der Waals surface area contributed by atoms with E-state index in [0.29, 0.717) is 12.2 Å². The van der Waals surface area contributed by atoms with Crippen LogP contribution >= 0.6 is 0 Å². The lowest BCUT2D eigenvalue weighted by molar-refractivity contribution is 0.0958. The predicted molar refractivity (Wildman–Crippen MR) is 140 cm³/mol. The summed E-state index contributed by atoms with van der Waals surface area (Å²) in [5, 5.41) is 0. The van der Waals surface area contributed by atoms with Crippen LogP contribution in [-0.4, -0.2) is 48.5 Å². The first-order chi connectivity index (χ1) is 17.7. The fourth-order valence-corrected chi connectivity index (χ4v) is 5.36. The van der Waals surface area contributed by atoms with Gasteiger partial charge in [0.15, 0.2) is 5.76 Å². The van der Waals surface area contributed by atoms with E-state index in [1.807, 2.05) is 18.3 Å². The Hall–Kier alpha value is -3.19. The maximum absolute atomic E-state index is 13.5. The average Bonchev–Trinajstić information content (AvgIpc) is 3.47. The van der Waals surface area contributed by atoms with Crippen LogP contribution in [0.2, 0.25) is 0 Å². The molecular formula is C29H35FN4O2. The van der Waals surface area contributed by atoms with Gasteiger partial charge in [-0.2, -0.15) is 0 Å². The van der Waals surface area contributed by atoms with Crippen molar-refractivity contribution < 1.29 is 13.6 Å². The molecule has 1 amide bonds. The minimum atomic E-state index is -0.343. The van der Waals surface area contributed by atoms with E-state index < -0.39 is 0 Å². The van der Waals surface area contributed by atoms with Gasteiger partial charge in [0.2, 0.25) is 0 Å². The molecule has 6 nitrogen and oxygen atoms in total. The number of hydrogen-bond donors (Lipinski definition) is 0. The van der Waals surface area contributed by atoms with Crippen molar-refractivity contribution in [2.45, 2.75) is 45.1 Å². The standard InChI is InChI=1S/C29H35FN4O2/c30-25-9-11-26(12-10-25)34(29(35)27-7-4-20-36-27)22-24-8-13-28(31-21-24)33-18-16-32(17-19-33)15-14-23-5-2-1-3-6-23/h4,7-13,20-21,23H,1-3,5-6,14-19,22H2. The molecule has 5 rings (SSSR count). The Labute approximate surface area is 212 Å². The summed E-state index contributed by atoms with van der Waals surface area (Å²) in [6.45, 7) is 5.64. The van der Waals surface area contributed by atoms with Gasteiger partial charge in [0.25, 0.3) is 5.91 Å². The van der Waals surface area contributed by atoms with Gasteiger partial charge >= 0.3 is 0 Å². The van der Waals surface area contributed by atoms with Crippen LogP contribution in [0.1, 0.15) is 54.6 Å². The fraction of sp³-hybridized carbons (Fsp3) is 0.448. The van der Waals surface area contributed by atoms with Crippen molar-refractivity contribution in [1.82, 2.24) is 9.88 Å². The minimum Gasteiger partial charge on any atom is -0.459 e. The highest BCUT2D eigenvalue weighted by Crippen LogP contribution is 2.27. The summed E-state index contributed by atoms with van der Waals surface area (Å²) in [7, 11) is 0. The maximum Gasteiger partial charge on any atom is 0.294 e.